The second kappa shape index (κ2) is 50.2. The van der Waals surface area contributed by atoms with Gasteiger partial charge >= 0.3 is 5.97 Å². The van der Waals surface area contributed by atoms with Gasteiger partial charge in [0.2, 0.25) is 5.91 Å². The average Bonchev–Trinajstić information content (AvgIpc) is 3.25. The summed E-state index contributed by atoms with van der Waals surface area (Å²) in [4.78, 5) is 24.4. The van der Waals surface area contributed by atoms with E-state index >= 15 is 0 Å². The molecule has 0 rings (SSSR count). The van der Waals surface area contributed by atoms with Crippen LogP contribution in [0.1, 0.15) is 296 Å². The van der Waals surface area contributed by atoms with Crippen molar-refractivity contribution in [1.29, 1.82) is 0 Å². The molecule has 0 aliphatic carbocycles. The number of carbonyl (C=O) groups excluding carboxylic acids is 2. The van der Waals surface area contributed by atoms with Gasteiger partial charge in [0.25, 0.3) is 0 Å². The van der Waals surface area contributed by atoms with Crippen LogP contribution in [0.2, 0.25) is 0 Å². The Morgan fingerprint density at radius 3 is 1.13 bits per heavy atom. The summed E-state index contributed by atoms with van der Waals surface area (Å²) in [7, 11) is 0. The maximum atomic E-state index is 12.4. The van der Waals surface area contributed by atoms with Crippen molar-refractivity contribution in [2.75, 3.05) is 13.2 Å². The Morgan fingerprint density at radius 1 is 0.450 bits per heavy atom. The number of aliphatic hydroxyl groups excluding tert-OH is 2. The molecule has 0 saturated carbocycles. The van der Waals surface area contributed by atoms with Gasteiger partial charge in [-0.25, -0.2) is 0 Å². The van der Waals surface area contributed by atoms with E-state index in [0.29, 0.717) is 19.4 Å². The van der Waals surface area contributed by atoms with E-state index in [9.17, 15) is 19.8 Å². The highest BCUT2D eigenvalue weighted by atomic mass is 16.5. The number of carbonyl (C=O) groups is 2. The molecule has 1 amide bonds. The number of ether oxygens (including phenoxy) is 1. The summed E-state index contributed by atoms with van der Waals surface area (Å²) in [6, 6.07) is -0.628. The van der Waals surface area contributed by atoms with Crippen molar-refractivity contribution in [1.82, 2.24) is 5.32 Å². The van der Waals surface area contributed by atoms with Crippen LogP contribution in [0.15, 0.2) is 12.2 Å². The first kappa shape index (κ1) is 58.6. The van der Waals surface area contributed by atoms with Crippen molar-refractivity contribution < 1.29 is 24.5 Å². The SMILES string of the molecule is CCCCCCCCCCC/C=C/C(O)C(CO)NC(=O)CCCCCCCCCCCCCCCCCCCCOC(=O)CCCCCCCCCCCCCCCC. The lowest BCUT2D eigenvalue weighted by Gasteiger charge is -2.20. The van der Waals surface area contributed by atoms with Crippen molar-refractivity contribution in [3.05, 3.63) is 12.2 Å². The average molecular weight is 848 g/mol. The van der Waals surface area contributed by atoms with E-state index in [2.05, 4.69) is 19.2 Å². The zero-order valence-electron chi connectivity index (χ0n) is 40.5. The summed E-state index contributed by atoms with van der Waals surface area (Å²) >= 11 is 0. The van der Waals surface area contributed by atoms with Crippen LogP contribution in [0.5, 0.6) is 0 Å². The van der Waals surface area contributed by atoms with E-state index in [4.69, 9.17) is 4.74 Å². The predicted octanol–water partition coefficient (Wildman–Crippen LogP) is 16.1. The van der Waals surface area contributed by atoms with Crippen molar-refractivity contribution in [2.45, 2.75) is 309 Å². The molecule has 0 bridgehead atoms. The number of unbranched alkanes of at least 4 members (excludes halogenated alkanes) is 39. The van der Waals surface area contributed by atoms with Crippen molar-refractivity contribution in [3.8, 4) is 0 Å². The Balaban J connectivity index is 3.40. The number of aliphatic hydroxyl groups is 2. The van der Waals surface area contributed by atoms with Gasteiger partial charge in [-0.3, -0.25) is 9.59 Å². The molecule has 356 valence electrons. The molecule has 0 heterocycles. The summed E-state index contributed by atoms with van der Waals surface area (Å²) < 4.78 is 5.47. The Bertz CT molecular complexity index is 893. The molecular formula is C54H105NO5. The molecule has 0 fully saturated rings. The Kier molecular flexibility index (Phi) is 49.1. The van der Waals surface area contributed by atoms with Crippen molar-refractivity contribution >= 4 is 11.9 Å². The van der Waals surface area contributed by atoms with E-state index in [1.807, 2.05) is 6.08 Å². The third-order valence-electron chi connectivity index (χ3n) is 12.6. The second-order valence-corrected chi connectivity index (χ2v) is 18.6. The zero-order chi connectivity index (χ0) is 43.7. The summed E-state index contributed by atoms with van der Waals surface area (Å²) in [5.74, 6) is -0.0636. The molecule has 3 N–H and O–H groups in total. The topological polar surface area (TPSA) is 95.9 Å². The smallest absolute Gasteiger partial charge is 0.305 e. The molecule has 0 aromatic rings. The number of nitrogens with one attached hydrogen (secondary N) is 1. The molecule has 0 aromatic heterocycles. The number of esters is 1. The molecular weight excluding hydrogens is 743 g/mol. The monoisotopic (exact) mass is 848 g/mol. The predicted molar refractivity (Wildman–Crippen MR) is 260 cm³/mol. The van der Waals surface area contributed by atoms with Gasteiger partial charge in [-0.2, -0.15) is 0 Å². The fraction of sp³-hybridized carbons (Fsp3) is 0.926. The van der Waals surface area contributed by atoms with Crippen LogP contribution in [-0.4, -0.2) is 47.4 Å². The number of amides is 1. The zero-order valence-corrected chi connectivity index (χ0v) is 40.5. The molecule has 0 aromatic carbocycles. The Labute approximate surface area is 374 Å². The van der Waals surface area contributed by atoms with Crippen molar-refractivity contribution in [2.24, 2.45) is 0 Å². The Morgan fingerprint density at radius 2 is 0.767 bits per heavy atom. The van der Waals surface area contributed by atoms with Gasteiger partial charge in [-0.05, 0) is 32.1 Å². The molecule has 60 heavy (non-hydrogen) atoms. The maximum Gasteiger partial charge on any atom is 0.305 e. The van der Waals surface area contributed by atoms with Gasteiger partial charge in [0.15, 0.2) is 0 Å². The van der Waals surface area contributed by atoms with Gasteiger partial charge in [-0.15, -0.1) is 0 Å². The molecule has 2 unspecified atom stereocenters. The highest BCUT2D eigenvalue weighted by Gasteiger charge is 2.18. The van der Waals surface area contributed by atoms with E-state index < -0.39 is 12.1 Å². The summed E-state index contributed by atoms with van der Waals surface area (Å²) in [5.41, 5.74) is 0. The molecule has 0 radical (unpaired) electrons. The second-order valence-electron chi connectivity index (χ2n) is 18.6. The third kappa shape index (κ3) is 46.1. The minimum atomic E-state index is -0.844. The Hall–Kier alpha value is -1.40. The van der Waals surface area contributed by atoms with E-state index in [1.54, 1.807) is 6.08 Å². The van der Waals surface area contributed by atoms with Crippen LogP contribution in [0.3, 0.4) is 0 Å². The maximum absolute atomic E-state index is 12.4. The van der Waals surface area contributed by atoms with E-state index in [-0.39, 0.29) is 18.5 Å². The van der Waals surface area contributed by atoms with Crippen LogP contribution >= 0.6 is 0 Å². The fourth-order valence-corrected chi connectivity index (χ4v) is 8.40. The summed E-state index contributed by atoms with van der Waals surface area (Å²) in [6.07, 6.45) is 57.9. The normalized spacial score (nSPS) is 12.7. The largest absolute Gasteiger partial charge is 0.466 e. The van der Waals surface area contributed by atoms with E-state index in [0.717, 1.165) is 38.5 Å². The quantitative estimate of drug-likeness (QED) is 0.0322. The van der Waals surface area contributed by atoms with Gasteiger partial charge in [0.1, 0.15) is 0 Å². The molecule has 0 spiro atoms. The number of allylic oxidation sites excluding steroid dienone is 1. The van der Waals surface area contributed by atoms with Gasteiger partial charge in [0.05, 0.1) is 25.4 Å². The molecule has 0 saturated heterocycles. The summed E-state index contributed by atoms with van der Waals surface area (Å²) in [5, 5.41) is 23.0. The van der Waals surface area contributed by atoms with Gasteiger partial charge in [-0.1, -0.05) is 264 Å². The molecule has 6 nitrogen and oxygen atoms in total. The highest BCUT2D eigenvalue weighted by molar-refractivity contribution is 5.76. The number of hydrogen-bond acceptors (Lipinski definition) is 5. The fourth-order valence-electron chi connectivity index (χ4n) is 8.40. The molecule has 0 aliphatic heterocycles. The van der Waals surface area contributed by atoms with Crippen LogP contribution in [0, 0.1) is 0 Å². The van der Waals surface area contributed by atoms with E-state index in [1.165, 1.54) is 231 Å². The first-order chi connectivity index (χ1) is 29.5. The molecule has 0 aliphatic rings. The highest BCUT2D eigenvalue weighted by Crippen LogP contribution is 2.17. The van der Waals surface area contributed by atoms with Gasteiger partial charge < -0.3 is 20.3 Å². The van der Waals surface area contributed by atoms with Crippen LogP contribution in [-0.2, 0) is 14.3 Å². The first-order valence-corrected chi connectivity index (χ1v) is 27.0. The number of rotatable bonds is 50. The molecule has 6 heteroatoms. The van der Waals surface area contributed by atoms with Crippen molar-refractivity contribution in [3.63, 3.8) is 0 Å². The minimum Gasteiger partial charge on any atom is -0.466 e. The molecule has 2 atom stereocenters. The third-order valence-corrected chi connectivity index (χ3v) is 12.6. The minimum absolute atomic E-state index is 0.00875. The van der Waals surface area contributed by atoms with Gasteiger partial charge in [0, 0.05) is 12.8 Å². The van der Waals surface area contributed by atoms with Crippen LogP contribution in [0.25, 0.3) is 0 Å². The first-order valence-electron chi connectivity index (χ1n) is 27.0. The standard InChI is InChI=1S/C54H105NO5/c1-3-5-7-9-11-13-15-16-24-28-32-36-40-44-48-54(59)60-49-45-41-37-33-29-25-22-20-18-17-19-21-23-27-31-35-39-43-47-53(58)55-51(50-56)52(57)46-42-38-34-30-26-14-12-10-8-6-4-2/h42,46,51-52,56-57H,3-41,43-45,47-50H2,1-2H3,(H,55,58)/b46-42+. The number of hydrogen-bond donors (Lipinski definition) is 3. The lowest BCUT2D eigenvalue weighted by atomic mass is 10.0. The lowest BCUT2D eigenvalue weighted by molar-refractivity contribution is -0.143. The lowest BCUT2D eigenvalue weighted by Crippen LogP contribution is -2.45. The van der Waals surface area contributed by atoms with Crippen LogP contribution in [0.4, 0.5) is 0 Å². The summed E-state index contributed by atoms with van der Waals surface area (Å²) in [6.45, 7) is 4.89. The van der Waals surface area contributed by atoms with Crippen LogP contribution < -0.4 is 5.32 Å².